The van der Waals surface area contributed by atoms with E-state index in [1.54, 1.807) is 6.92 Å². The zero-order chi connectivity index (χ0) is 16.1. The molecule has 1 aromatic heterocycles. The van der Waals surface area contributed by atoms with E-state index in [2.05, 4.69) is 39.6 Å². The second-order valence-electron chi connectivity index (χ2n) is 5.80. The van der Waals surface area contributed by atoms with Gasteiger partial charge >= 0.3 is 5.97 Å². The molecule has 120 valence electrons. The highest BCUT2D eigenvalue weighted by Crippen LogP contribution is 2.40. The predicted octanol–water partition coefficient (Wildman–Crippen LogP) is 3.53. The van der Waals surface area contributed by atoms with Gasteiger partial charge in [-0.3, -0.25) is 0 Å². The molecule has 1 aromatic carbocycles. The molecule has 5 heteroatoms. The summed E-state index contributed by atoms with van der Waals surface area (Å²) in [6.45, 7) is 2.12. The number of hydrogen-bond acceptors (Lipinski definition) is 5. The van der Waals surface area contributed by atoms with Crippen LogP contribution < -0.4 is 5.32 Å². The lowest BCUT2D eigenvalue weighted by Crippen LogP contribution is -2.33. The van der Waals surface area contributed by atoms with Crippen molar-refractivity contribution in [1.29, 1.82) is 0 Å². The quantitative estimate of drug-likeness (QED) is 0.856. The van der Waals surface area contributed by atoms with Crippen LogP contribution in [0.25, 0.3) is 0 Å². The smallest absolute Gasteiger partial charge is 0.341 e. The molecule has 1 fully saturated rings. The fourth-order valence-electron chi connectivity index (χ4n) is 3.15. The van der Waals surface area contributed by atoms with E-state index in [1.165, 1.54) is 30.8 Å². The fourth-order valence-corrected chi connectivity index (χ4v) is 3.15. The van der Waals surface area contributed by atoms with Crippen LogP contribution in [-0.2, 0) is 10.3 Å². The van der Waals surface area contributed by atoms with Gasteiger partial charge in [0.05, 0.1) is 17.7 Å². The van der Waals surface area contributed by atoms with Gasteiger partial charge in [-0.05, 0) is 25.3 Å². The molecule has 0 unspecified atom stereocenters. The Labute approximate surface area is 136 Å². The summed E-state index contributed by atoms with van der Waals surface area (Å²) >= 11 is 0. The van der Waals surface area contributed by atoms with Gasteiger partial charge in [0.2, 0.25) is 5.95 Å². The number of rotatable bonds is 5. The molecular weight excluding hydrogens is 290 g/mol. The highest BCUT2D eigenvalue weighted by molar-refractivity contribution is 5.88. The molecule has 1 N–H and O–H groups in total. The van der Waals surface area contributed by atoms with Crippen LogP contribution >= 0.6 is 0 Å². The Morgan fingerprint density at radius 1 is 1.17 bits per heavy atom. The molecule has 1 aliphatic rings. The molecule has 0 atom stereocenters. The average molecular weight is 311 g/mol. The van der Waals surface area contributed by atoms with Crippen molar-refractivity contribution in [2.75, 3.05) is 11.9 Å². The van der Waals surface area contributed by atoms with Gasteiger partial charge in [-0.25, -0.2) is 14.8 Å². The van der Waals surface area contributed by atoms with E-state index in [-0.39, 0.29) is 5.54 Å². The predicted molar refractivity (Wildman–Crippen MR) is 88.2 cm³/mol. The van der Waals surface area contributed by atoms with Crippen molar-refractivity contribution in [3.8, 4) is 0 Å². The molecule has 0 radical (unpaired) electrons. The number of hydrogen-bond donors (Lipinski definition) is 1. The first kappa shape index (κ1) is 15.5. The maximum atomic E-state index is 11.7. The van der Waals surface area contributed by atoms with E-state index in [0.29, 0.717) is 18.1 Å². The van der Waals surface area contributed by atoms with Crippen molar-refractivity contribution < 1.29 is 9.53 Å². The summed E-state index contributed by atoms with van der Waals surface area (Å²) in [6, 6.07) is 10.4. The number of carbonyl (C=O) groups is 1. The van der Waals surface area contributed by atoms with Gasteiger partial charge in [-0.15, -0.1) is 0 Å². The van der Waals surface area contributed by atoms with Gasteiger partial charge in [0.15, 0.2) is 0 Å². The minimum atomic E-state index is -0.391. The first-order valence-corrected chi connectivity index (χ1v) is 8.06. The highest BCUT2D eigenvalue weighted by atomic mass is 16.5. The second-order valence-corrected chi connectivity index (χ2v) is 5.80. The molecule has 0 saturated heterocycles. The molecule has 0 spiro atoms. The van der Waals surface area contributed by atoms with Crippen molar-refractivity contribution in [3.63, 3.8) is 0 Å². The summed E-state index contributed by atoms with van der Waals surface area (Å²) in [5.74, 6) is 0.154. The lowest BCUT2D eigenvalue weighted by Gasteiger charge is -2.31. The third kappa shape index (κ3) is 3.33. The standard InChI is InChI=1S/C18H21N3O2/c1-2-23-16(22)14-12-19-17(20-13-14)21-18(10-6-7-11-18)15-8-4-3-5-9-15/h3-5,8-9,12-13H,2,6-7,10-11H2,1H3,(H,19,20,21). The number of nitrogens with zero attached hydrogens (tertiary/aromatic N) is 2. The fraction of sp³-hybridized carbons (Fsp3) is 0.389. The lowest BCUT2D eigenvalue weighted by molar-refractivity contribution is 0.0525. The molecule has 0 bridgehead atoms. The number of carbonyl (C=O) groups excluding carboxylic acids is 1. The van der Waals surface area contributed by atoms with E-state index >= 15 is 0 Å². The van der Waals surface area contributed by atoms with Crippen LogP contribution in [0.15, 0.2) is 42.7 Å². The van der Waals surface area contributed by atoms with Crippen LogP contribution in [0, 0.1) is 0 Å². The van der Waals surface area contributed by atoms with Gasteiger partial charge in [0, 0.05) is 12.4 Å². The normalized spacial score (nSPS) is 16.0. The molecule has 1 aliphatic carbocycles. The van der Waals surface area contributed by atoms with Crippen LogP contribution in [0.4, 0.5) is 5.95 Å². The molecule has 23 heavy (non-hydrogen) atoms. The minimum Gasteiger partial charge on any atom is -0.462 e. The number of benzene rings is 1. The zero-order valence-corrected chi connectivity index (χ0v) is 13.3. The van der Waals surface area contributed by atoms with Crippen LogP contribution in [0.1, 0.15) is 48.5 Å². The maximum absolute atomic E-state index is 11.7. The molecule has 2 aromatic rings. The van der Waals surface area contributed by atoms with E-state index < -0.39 is 5.97 Å². The largest absolute Gasteiger partial charge is 0.462 e. The Kier molecular flexibility index (Phi) is 4.55. The van der Waals surface area contributed by atoms with E-state index in [0.717, 1.165) is 12.8 Å². The van der Waals surface area contributed by atoms with Gasteiger partial charge in [0.1, 0.15) is 0 Å². The number of anilines is 1. The Morgan fingerprint density at radius 3 is 2.43 bits per heavy atom. The van der Waals surface area contributed by atoms with Crippen molar-refractivity contribution in [3.05, 3.63) is 53.9 Å². The number of aromatic nitrogens is 2. The van der Waals surface area contributed by atoms with Crippen molar-refractivity contribution in [2.24, 2.45) is 0 Å². The molecule has 1 heterocycles. The van der Waals surface area contributed by atoms with Gasteiger partial charge in [-0.2, -0.15) is 0 Å². The number of nitrogens with one attached hydrogen (secondary N) is 1. The van der Waals surface area contributed by atoms with Crippen LogP contribution in [0.3, 0.4) is 0 Å². The first-order chi connectivity index (χ1) is 11.2. The topological polar surface area (TPSA) is 64.1 Å². The highest BCUT2D eigenvalue weighted by Gasteiger charge is 2.36. The summed E-state index contributed by atoms with van der Waals surface area (Å²) < 4.78 is 4.95. The summed E-state index contributed by atoms with van der Waals surface area (Å²) in [5, 5.41) is 3.49. The average Bonchev–Trinajstić information content (AvgIpc) is 3.06. The van der Waals surface area contributed by atoms with Gasteiger partial charge < -0.3 is 10.1 Å². The molecule has 0 amide bonds. The van der Waals surface area contributed by atoms with E-state index in [1.807, 2.05) is 6.07 Å². The van der Waals surface area contributed by atoms with Crippen LogP contribution in [0.2, 0.25) is 0 Å². The van der Waals surface area contributed by atoms with Gasteiger partial charge in [0.25, 0.3) is 0 Å². The van der Waals surface area contributed by atoms with E-state index in [4.69, 9.17) is 4.74 Å². The van der Waals surface area contributed by atoms with Gasteiger partial charge in [-0.1, -0.05) is 43.2 Å². The van der Waals surface area contributed by atoms with E-state index in [9.17, 15) is 4.79 Å². The SMILES string of the molecule is CCOC(=O)c1cnc(NC2(c3ccccc3)CCCC2)nc1. The van der Waals surface area contributed by atoms with Crippen molar-refractivity contribution in [1.82, 2.24) is 9.97 Å². The Hall–Kier alpha value is -2.43. The molecule has 3 rings (SSSR count). The lowest BCUT2D eigenvalue weighted by atomic mass is 9.88. The van der Waals surface area contributed by atoms with Crippen LogP contribution in [-0.4, -0.2) is 22.5 Å². The maximum Gasteiger partial charge on any atom is 0.341 e. The Bertz CT molecular complexity index is 650. The summed E-state index contributed by atoms with van der Waals surface area (Å²) in [4.78, 5) is 20.2. The summed E-state index contributed by atoms with van der Waals surface area (Å²) in [5.41, 5.74) is 1.51. The number of ether oxygens (including phenoxy) is 1. The Morgan fingerprint density at radius 2 is 1.83 bits per heavy atom. The first-order valence-electron chi connectivity index (χ1n) is 8.06. The number of esters is 1. The molecule has 5 nitrogen and oxygen atoms in total. The second kappa shape index (κ2) is 6.77. The third-order valence-electron chi connectivity index (χ3n) is 4.30. The third-order valence-corrected chi connectivity index (χ3v) is 4.30. The minimum absolute atomic E-state index is 0.118. The summed E-state index contributed by atoms with van der Waals surface area (Å²) in [7, 11) is 0. The molecular formula is C18H21N3O2. The van der Waals surface area contributed by atoms with Crippen LogP contribution in [0.5, 0.6) is 0 Å². The molecule has 0 aliphatic heterocycles. The Balaban J connectivity index is 1.80. The molecule has 1 saturated carbocycles. The van der Waals surface area contributed by atoms with Crippen molar-refractivity contribution in [2.45, 2.75) is 38.1 Å². The summed E-state index contributed by atoms with van der Waals surface area (Å²) in [6.07, 6.45) is 7.51. The zero-order valence-electron chi connectivity index (χ0n) is 13.3. The van der Waals surface area contributed by atoms with Crippen molar-refractivity contribution >= 4 is 11.9 Å². The monoisotopic (exact) mass is 311 g/mol.